The standard InChI is InChI=1S/C25H25N3O6S/c1-35-24-27-12-18(21(28-24)23(31)32)22(30)20(29)10-11-26-25(33)34-13-19-16-8-4-2-6-14(16)15-7-3-5-9-17(15)19/h2-9,12,19-20,22,29-30H,10-11,13H2,1H3,(H,26,33)(H,31,32). The Labute approximate surface area is 206 Å². The molecule has 1 aromatic heterocycles. The highest BCUT2D eigenvalue weighted by Gasteiger charge is 2.29. The number of carboxylic acids is 1. The van der Waals surface area contributed by atoms with Gasteiger partial charge in [0.25, 0.3) is 0 Å². The lowest BCUT2D eigenvalue weighted by atomic mass is 9.98. The second kappa shape index (κ2) is 10.9. The molecule has 4 N–H and O–H groups in total. The van der Waals surface area contributed by atoms with Gasteiger partial charge in [0.1, 0.15) is 12.7 Å². The van der Waals surface area contributed by atoms with Crippen LogP contribution in [0.4, 0.5) is 4.79 Å². The lowest BCUT2D eigenvalue weighted by Gasteiger charge is -2.19. The molecule has 1 amide bonds. The SMILES string of the molecule is CSc1ncc(C(O)C(O)CCNC(=O)OCC2c3ccccc3-c3ccccc32)c(C(=O)O)n1. The smallest absolute Gasteiger partial charge is 0.407 e. The number of aliphatic hydroxyl groups excluding tert-OH is 2. The van der Waals surface area contributed by atoms with E-state index in [1.165, 1.54) is 6.20 Å². The molecule has 0 bridgehead atoms. The Morgan fingerprint density at radius 2 is 1.71 bits per heavy atom. The van der Waals surface area contributed by atoms with E-state index >= 15 is 0 Å². The minimum Gasteiger partial charge on any atom is -0.476 e. The van der Waals surface area contributed by atoms with Crippen LogP contribution in [0, 0.1) is 0 Å². The zero-order valence-electron chi connectivity index (χ0n) is 18.9. The van der Waals surface area contributed by atoms with E-state index in [0.717, 1.165) is 34.0 Å². The molecule has 0 fully saturated rings. The number of aromatic carboxylic acids is 1. The highest BCUT2D eigenvalue weighted by molar-refractivity contribution is 7.98. The van der Waals surface area contributed by atoms with Crippen LogP contribution in [-0.2, 0) is 4.74 Å². The number of carboxylic acid groups (broad SMARTS) is 1. The van der Waals surface area contributed by atoms with E-state index in [-0.39, 0.29) is 41.9 Å². The normalized spacial score (nSPS) is 14.0. The Bertz CT molecular complexity index is 1190. The predicted molar refractivity (Wildman–Crippen MR) is 129 cm³/mol. The summed E-state index contributed by atoms with van der Waals surface area (Å²) in [4.78, 5) is 31.6. The summed E-state index contributed by atoms with van der Waals surface area (Å²) >= 11 is 1.16. The number of aliphatic hydroxyl groups is 2. The molecule has 1 aliphatic rings. The van der Waals surface area contributed by atoms with Gasteiger partial charge in [-0.25, -0.2) is 19.6 Å². The first-order chi connectivity index (χ1) is 16.9. The zero-order chi connectivity index (χ0) is 24.9. The first-order valence-electron chi connectivity index (χ1n) is 11.0. The van der Waals surface area contributed by atoms with Gasteiger partial charge in [0.15, 0.2) is 10.9 Å². The van der Waals surface area contributed by atoms with Gasteiger partial charge >= 0.3 is 12.1 Å². The van der Waals surface area contributed by atoms with Crippen LogP contribution in [0.5, 0.6) is 0 Å². The number of benzene rings is 2. The van der Waals surface area contributed by atoms with E-state index in [1.54, 1.807) is 6.26 Å². The number of nitrogens with zero attached hydrogens (tertiary/aromatic N) is 2. The van der Waals surface area contributed by atoms with Gasteiger partial charge in [-0.15, -0.1) is 0 Å². The summed E-state index contributed by atoms with van der Waals surface area (Å²) in [7, 11) is 0. The Hall–Kier alpha value is -3.47. The number of carbonyl (C=O) groups excluding carboxylic acids is 1. The maximum atomic E-state index is 12.3. The number of hydrogen-bond acceptors (Lipinski definition) is 8. The van der Waals surface area contributed by atoms with Gasteiger partial charge < -0.3 is 25.4 Å². The van der Waals surface area contributed by atoms with Gasteiger partial charge in [0, 0.05) is 24.2 Å². The number of aromatic nitrogens is 2. The molecule has 0 radical (unpaired) electrons. The van der Waals surface area contributed by atoms with Gasteiger partial charge in [-0.2, -0.15) is 0 Å². The number of hydrogen-bond donors (Lipinski definition) is 4. The molecule has 0 saturated carbocycles. The van der Waals surface area contributed by atoms with Crippen molar-refractivity contribution in [2.75, 3.05) is 19.4 Å². The van der Waals surface area contributed by atoms with Crippen LogP contribution in [0.3, 0.4) is 0 Å². The van der Waals surface area contributed by atoms with Crippen LogP contribution in [0.25, 0.3) is 11.1 Å². The third-order valence-corrected chi connectivity index (χ3v) is 6.48. The molecule has 0 aliphatic heterocycles. The van der Waals surface area contributed by atoms with Crippen LogP contribution < -0.4 is 5.32 Å². The highest BCUT2D eigenvalue weighted by Crippen LogP contribution is 2.44. The molecular formula is C25H25N3O6S. The summed E-state index contributed by atoms with van der Waals surface area (Å²) in [5, 5.41) is 33.0. The topological polar surface area (TPSA) is 142 Å². The van der Waals surface area contributed by atoms with Crippen molar-refractivity contribution in [3.8, 4) is 11.1 Å². The Kier molecular flexibility index (Phi) is 7.64. The van der Waals surface area contributed by atoms with E-state index in [1.807, 2.05) is 36.4 Å². The molecule has 10 heteroatoms. The average Bonchev–Trinajstić information content (AvgIpc) is 3.20. The quantitative estimate of drug-likeness (QED) is 0.260. The van der Waals surface area contributed by atoms with Crippen LogP contribution in [0.1, 0.15) is 45.6 Å². The van der Waals surface area contributed by atoms with Crippen LogP contribution in [0.15, 0.2) is 59.9 Å². The van der Waals surface area contributed by atoms with Crippen molar-refractivity contribution in [3.63, 3.8) is 0 Å². The summed E-state index contributed by atoms with van der Waals surface area (Å²) in [5.74, 6) is -1.40. The molecule has 0 spiro atoms. The zero-order valence-corrected chi connectivity index (χ0v) is 19.7. The van der Waals surface area contributed by atoms with Crippen molar-refractivity contribution in [1.29, 1.82) is 0 Å². The molecule has 35 heavy (non-hydrogen) atoms. The molecule has 0 saturated heterocycles. The Balaban J connectivity index is 1.31. The average molecular weight is 496 g/mol. The fourth-order valence-electron chi connectivity index (χ4n) is 4.20. The summed E-state index contributed by atoms with van der Waals surface area (Å²) < 4.78 is 5.45. The van der Waals surface area contributed by atoms with Gasteiger partial charge in [-0.3, -0.25) is 0 Å². The second-order valence-electron chi connectivity index (χ2n) is 8.02. The van der Waals surface area contributed by atoms with Crippen molar-refractivity contribution in [1.82, 2.24) is 15.3 Å². The number of fused-ring (bicyclic) bond motifs is 3. The molecule has 4 rings (SSSR count). The number of thioether (sulfide) groups is 1. The molecule has 2 aromatic carbocycles. The summed E-state index contributed by atoms with van der Waals surface area (Å²) in [6, 6.07) is 16.0. The van der Waals surface area contributed by atoms with Gasteiger partial charge in [-0.05, 0) is 34.9 Å². The molecule has 9 nitrogen and oxygen atoms in total. The van der Waals surface area contributed by atoms with Gasteiger partial charge in [0.2, 0.25) is 0 Å². The Morgan fingerprint density at radius 3 is 2.31 bits per heavy atom. The number of alkyl carbamates (subject to hydrolysis) is 1. The number of nitrogens with one attached hydrogen (secondary N) is 1. The van der Waals surface area contributed by atoms with Crippen LogP contribution in [0.2, 0.25) is 0 Å². The monoisotopic (exact) mass is 495 g/mol. The van der Waals surface area contributed by atoms with Crippen molar-refractivity contribution < 1.29 is 29.6 Å². The van der Waals surface area contributed by atoms with Crippen LogP contribution in [-0.4, -0.2) is 62.9 Å². The lowest BCUT2D eigenvalue weighted by molar-refractivity contribution is 0.0121. The largest absolute Gasteiger partial charge is 0.476 e. The van der Waals surface area contributed by atoms with E-state index in [9.17, 15) is 24.9 Å². The molecule has 1 heterocycles. The van der Waals surface area contributed by atoms with Gasteiger partial charge in [0.05, 0.1) is 6.10 Å². The highest BCUT2D eigenvalue weighted by atomic mass is 32.2. The first kappa shape index (κ1) is 24.6. The minimum atomic E-state index is -1.53. The van der Waals surface area contributed by atoms with Crippen molar-refractivity contribution in [2.24, 2.45) is 0 Å². The number of rotatable bonds is 9. The third kappa shape index (κ3) is 5.29. The fraction of sp³-hybridized carbons (Fsp3) is 0.280. The minimum absolute atomic E-state index is 0.0149. The molecule has 182 valence electrons. The second-order valence-corrected chi connectivity index (χ2v) is 8.79. The van der Waals surface area contributed by atoms with E-state index < -0.39 is 24.3 Å². The molecule has 1 aliphatic carbocycles. The molecule has 3 aromatic rings. The van der Waals surface area contributed by atoms with Crippen molar-refractivity contribution in [2.45, 2.75) is 29.7 Å². The first-order valence-corrected chi connectivity index (χ1v) is 12.2. The number of carbonyl (C=O) groups is 2. The summed E-state index contributed by atoms with van der Waals surface area (Å²) in [5.41, 5.74) is 3.99. The third-order valence-electron chi connectivity index (χ3n) is 5.92. The van der Waals surface area contributed by atoms with Gasteiger partial charge in [-0.1, -0.05) is 60.3 Å². The van der Waals surface area contributed by atoms with Crippen LogP contribution >= 0.6 is 11.8 Å². The number of ether oxygens (including phenoxy) is 1. The van der Waals surface area contributed by atoms with E-state index in [0.29, 0.717) is 0 Å². The maximum absolute atomic E-state index is 12.3. The Morgan fingerprint density at radius 1 is 1.09 bits per heavy atom. The fourth-order valence-corrected chi connectivity index (χ4v) is 4.54. The van der Waals surface area contributed by atoms with Crippen molar-refractivity contribution in [3.05, 3.63) is 77.1 Å². The molecule has 2 unspecified atom stereocenters. The summed E-state index contributed by atoms with van der Waals surface area (Å²) in [6.07, 6.45) is -0.662. The lowest BCUT2D eigenvalue weighted by Crippen LogP contribution is -2.31. The maximum Gasteiger partial charge on any atom is 0.407 e. The predicted octanol–water partition coefficient (Wildman–Crippen LogP) is 3.22. The van der Waals surface area contributed by atoms with E-state index in [2.05, 4.69) is 27.4 Å². The molecule has 2 atom stereocenters. The van der Waals surface area contributed by atoms with Crippen molar-refractivity contribution >= 4 is 23.8 Å². The summed E-state index contributed by atoms with van der Waals surface area (Å²) in [6.45, 7) is 0.174. The van der Waals surface area contributed by atoms with E-state index in [4.69, 9.17) is 4.74 Å². The molecular weight excluding hydrogens is 470 g/mol. The number of amides is 1.